The molecule has 86 valence electrons. The number of halogens is 1. The zero-order valence-electron chi connectivity index (χ0n) is 8.66. The fourth-order valence-electron chi connectivity index (χ4n) is 1.25. The van der Waals surface area contributed by atoms with Crippen LogP contribution in [-0.2, 0) is 4.79 Å². The minimum atomic E-state index is -0.0443. The van der Waals surface area contributed by atoms with Gasteiger partial charge in [0.15, 0.2) is 0 Å². The van der Waals surface area contributed by atoms with E-state index in [1.807, 2.05) is 0 Å². The van der Waals surface area contributed by atoms with Crippen LogP contribution >= 0.6 is 11.6 Å². The summed E-state index contributed by atoms with van der Waals surface area (Å²) in [5.41, 5.74) is 6.00. The van der Waals surface area contributed by atoms with Gasteiger partial charge in [-0.1, -0.05) is 11.6 Å². The van der Waals surface area contributed by atoms with E-state index in [0.717, 1.165) is 12.8 Å². The number of amides is 1. The van der Waals surface area contributed by atoms with Gasteiger partial charge in [-0.2, -0.15) is 0 Å². The number of aromatic nitrogens is 1. The van der Waals surface area contributed by atoms with Gasteiger partial charge >= 0.3 is 0 Å². The highest BCUT2D eigenvalue weighted by Crippen LogP contribution is 2.21. The fourth-order valence-corrected chi connectivity index (χ4v) is 1.49. The molecule has 6 heteroatoms. The van der Waals surface area contributed by atoms with Gasteiger partial charge in [-0.15, -0.1) is 0 Å². The van der Waals surface area contributed by atoms with Crippen LogP contribution < -0.4 is 16.4 Å². The number of rotatable bonds is 4. The van der Waals surface area contributed by atoms with E-state index in [0.29, 0.717) is 22.6 Å². The van der Waals surface area contributed by atoms with Gasteiger partial charge in [0.25, 0.3) is 0 Å². The largest absolute Gasteiger partial charge is 0.397 e. The van der Waals surface area contributed by atoms with Crippen LogP contribution in [0, 0.1) is 0 Å². The number of nitrogens with two attached hydrogens (primary N) is 1. The van der Waals surface area contributed by atoms with E-state index in [2.05, 4.69) is 15.6 Å². The second kappa shape index (κ2) is 4.57. The van der Waals surface area contributed by atoms with Crippen molar-refractivity contribution in [2.75, 3.05) is 17.6 Å². The van der Waals surface area contributed by atoms with Gasteiger partial charge in [-0.25, -0.2) is 4.98 Å². The van der Waals surface area contributed by atoms with Crippen LogP contribution in [0.5, 0.6) is 0 Å². The molecule has 0 atom stereocenters. The Labute approximate surface area is 98.4 Å². The summed E-state index contributed by atoms with van der Waals surface area (Å²) in [6.07, 6.45) is 3.65. The Hall–Kier alpha value is -1.49. The van der Waals surface area contributed by atoms with Crippen molar-refractivity contribution in [2.24, 2.45) is 0 Å². The lowest BCUT2D eigenvalue weighted by atomic mass is 10.4. The number of nitrogen functional groups attached to an aromatic ring is 1. The van der Waals surface area contributed by atoms with E-state index in [1.54, 1.807) is 6.07 Å². The molecule has 0 radical (unpaired) electrons. The Morgan fingerprint density at radius 1 is 1.62 bits per heavy atom. The second-order valence-corrected chi connectivity index (χ2v) is 4.20. The van der Waals surface area contributed by atoms with Gasteiger partial charge in [0, 0.05) is 6.04 Å². The molecule has 5 nitrogen and oxygen atoms in total. The van der Waals surface area contributed by atoms with Gasteiger partial charge < -0.3 is 16.4 Å². The summed E-state index contributed by atoms with van der Waals surface area (Å²) in [7, 11) is 0. The van der Waals surface area contributed by atoms with Crippen molar-refractivity contribution < 1.29 is 4.79 Å². The lowest BCUT2D eigenvalue weighted by Gasteiger charge is -2.07. The third kappa shape index (κ3) is 3.00. The zero-order chi connectivity index (χ0) is 11.5. The third-order valence-electron chi connectivity index (χ3n) is 2.22. The van der Waals surface area contributed by atoms with Crippen molar-refractivity contribution in [3.05, 3.63) is 17.3 Å². The van der Waals surface area contributed by atoms with Crippen LogP contribution in [0.1, 0.15) is 12.8 Å². The minimum Gasteiger partial charge on any atom is -0.397 e. The van der Waals surface area contributed by atoms with Gasteiger partial charge in [0.2, 0.25) is 5.91 Å². The predicted molar refractivity (Wildman–Crippen MR) is 63.3 cm³/mol. The molecule has 1 aromatic rings. The van der Waals surface area contributed by atoms with Crippen LogP contribution in [-0.4, -0.2) is 23.5 Å². The first-order valence-electron chi connectivity index (χ1n) is 5.09. The first kappa shape index (κ1) is 11.0. The van der Waals surface area contributed by atoms with E-state index in [9.17, 15) is 4.79 Å². The lowest BCUT2D eigenvalue weighted by Crippen LogP contribution is -2.31. The van der Waals surface area contributed by atoms with Crippen molar-refractivity contribution >= 4 is 29.0 Å². The summed E-state index contributed by atoms with van der Waals surface area (Å²) in [6.45, 7) is 0.174. The van der Waals surface area contributed by atoms with E-state index in [4.69, 9.17) is 17.3 Å². The number of nitrogens with one attached hydrogen (secondary N) is 2. The third-order valence-corrected chi connectivity index (χ3v) is 2.51. The first-order valence-corrected chi connectivity index (χ1v) is 5.47. The summed E-state index contributed by atoms with van der Waals surface area (Å²) in [5.74, 6) is 0.430. The number of carbonyl (C=O) groups excluding carboxylic acids is 1. The smallest absolute Gasteiger partial charge is 0.239 e. The predicted octanol–water partition coefficient (Wildman–Crippen LogP) is 1.01. The summed E-state index contributed by atoms with van der Waals surface area (Å²) < 4.78 is 0. The Morgan fingerprint density at radius 3 is 3.00 bits per heavy atom. The number of anilines is 2. The molecule has 1 heterocycles. The molecule has 16 heavy (non-hydrogen) atoms. The van der Waals surface area contributed by atoms with Crippen molar-refractivity contribution in [3.8, 4) is 0 Å². The molecule has 4 N–H and O–H groups in total. The van der Waals surface area contributed by atoms with Crippen molar-refractivity contribution in [2.45, 2.75) is 18.9 Å². The quantitative estimate of drug-likeness (QED) is 0.734. The SMILES string of the molecule is Nc1cnc(NCC(=O)NC2CC2)c(Cl)c1. The van der Waals surface area contributed by atoms with Crippen LogP contribution in [0.25, 0.3) is 0 Å². The lowest BCUT2D eigenvalue weighted by molar-refractivity contribution is -0.119. The molecule has 2 rings (SSSR count). The topological polar surface area (TPSA) is 80.0 Å². The van der Waals surface area contributed by atoms with Gasteiger partial charge in [0.1, 0.15) is 5.82 Å². The van der Waals surface area contributed by atoms with E-state index in [-0.39, 0.29) is 12.5 Å². The molecule has 0 saturated heterocycles. The van der Waals surface area contributed by atoms with E-state index in [1.165, 1.54) is 6.20 Å². The summed E-state index contributed by atoms with van der Waals surface area (Å²) >= 11 is 5.89. The molecule has 0 aliphatic heterocycles. The number of hydrogen-bond donors (Lipinski definition) is 3. The molecule has 1 amide bonds. The molecule has 0 bridgehead atoms. The fraction of sp³-hybridized carbons (Fsp3) is 0.400. The molecule has 1 aromatic heterocycles. The Balaban J connectivity index is 1.85. The summed E-state index contributed by atoms with van der Waals surface area (Å²) in [6, 6.07) is 1.96. The highest BCUT2D eigenvalue weighted by atomic mass is 35.5. The molecule has 1 aliphatic carbocycles. The maximum Gasteiger partial charge on any atom is 0.239 e. The van der Waals surface area contributed by atoms with Crippen molar-refractivity contribution in [3.63, 3.8) is 0 Å². The highest BCUT2D eigenvalue weighted by Gasteiger charge is 2.22. The normalized spacial score (nSPS) is 14.6. The molecule has 0 unspecified atom stereocenters. The molecule has 0 aromatic carbocycles. The zero-order valence-corrected chi connectivity index (χ0v) is 9.42. The average Bonchev–Trinajstić information content (AvgIpc) is 3.00. The molecule has 1 fully saturated rings. The van der Waals surface area contributed by atoms with Crippen LogP contribution in [0.3, 0.4) is 0 Å². The molecular weight excluding hydrogens is 228 g/mol. The Morgan fingerprint density at radius 2 is 2.38 bits per heavy atom. The number of nitrogens with zero attached hydrogens (tertiary/aromatic N) is 1. The maximum absolute atomic E-state index is 11.4. The standard InChI is InChI=1S/C10H13ClN4O/c11-8-3-6(12)4-13-10(8)14-5-9(16)15-7-1-2-7/h3-4,7H,1-2,5,12H2,(H,13,14)(H,15,16). The molecule has 0 spiro atoms. The number of pyridine rings is 1. The molecule has 1 saturated carbocycles. The van der Waals surface area contributed by atoms with Gasteiger partial charge in [-0.05, 0) is 18.9 Å². The highest BCUT2D eigenvalue weighted by molar-refractivity contribution is 6.33. The van der Waals surface area contributed by atoms with Crippen molar-refractivity contribution in [1.82, 2.24) is 10.3 Å². The van der Waals surface area contributed by atoms with Gasteiger partial charge in [0.05, 0.1) is 23.5 Å². The second-order valence-electron chi connectivity index (χ2n) is 3.79. The van der Waals surface area contributed by atoms with Gasteiger partial charge in [-0.3, -0.25) is 4.79 Å². The molecule has 1 aliphatic rings. The van der Waals surface area contributed by atoms with Crippen LogP contribution in [0.4, 0.5) is 11.5 Å². The summed E-state index contributed by atoms with van der Waals surface area (Å²) in [4.78, 5) is 15.4. The first-order chi connectivity index (χ1) is 7.65. The van der Waals surface area contributed by atoms with E-state index >= 15 is 0 Å². The number of carbonyl (C=O) groups is 1. The Bertz CT molecular complexity index is 406. The Kier molecular flexibility index (Phi) is 3.14. The van der Waals surface area contributed by atoms with Crippen LogP contribution in [0.15, 0.2) is 12.3 Å². The number of hydrogen-bond acceptors (Lipinski definition) is 4. The summed E-state index contributed by atoms with van der Waals surface area (Å²) in [5, 5.41) is 6.14. The molecular formula is C10H13ClN4O. The maximum atomic E-state index is 11.4. The monoisotopic (exact) mass is 240 g/mol. The van der Waals surface area contributed by atoms with Crippen molar-refractivity contribution in [1.29, 1.82) is 0 Å². The average molecular weight is 241 g/mol. The minimum absolute atomic E-state index is 0.0443. The van der Waals surface area contributed by atoms with E-state index < -0.39 is 0 Å². The van der Waals surface area contributed by atoms with Crippen LogP contribution in [0.2, 0.25) is 5.02 Å².